The third-order valence-corrected chi connectivity index (χ3v) is 2.54. The number of hydrogen-bond donors (Lipinski definition) is 1. The molecule has 5 heteroatoms. The van der Waals surface area contributed by atoms with Crippen LogP contribution in [-0.4, -0.2) is 12.1 Å². The van der Waals surface area contributed by atoms with Gasteiger partial charge in [-0.1, -0.05) is 18.2 Å². The maximum Gasteiger partial charge on any atom is 0.118 e. The minimum absolute atomic E-state index is 0. The van der Waals surface area contributed by atoms with Gasteiger partial charge in [-0.3, -0.25) is 4.98 Å². The molecule has 1 heterocycles. The summed E-state index contributed by atoms with van der Waals surface area (Å²) in [5, 5.41) is 3.37. The Kier molecular flexibility index (Phi) is 9.47. The van der Waals surface area contributed by atoms with Crippen LogP contribution >= 0.6 is 0 Å². The number of aromatic nitrogens is 1. The lowest BCUT2D eigenvalue weighted by molar-refractivity contribution is -0.001000. The first-order valence-electron chi connectivity index (χ1n) is 5.61. The van der Waals surface area contributed by atoms with Gasteiger partial charge >= 0.3 is 0 Å². The molecule has 19 heavy (non-hydrogen) atoms. The Morgan fingerprint density at radius 1 is 1.00 bits per heavy atom. The van der Waals surface area contributed by atoms with E-state index >= 15 is 0 Å². The summed E-state index contributed by atoms with van der Waals surface area (Å²) in [5.74, 6) is 0.890. The van der Waals surface area contributed by atoms with Gasteiger partial charge in [0.1, 0.15) is 5.75 Å². The predicted molar refractivity (Wildman–Crippen MR) is 67.8 cm³/mol. The summed E-state index contributed by atoms with van der Waals surface area (Å²) in [6.45, 7) is 1.68. The normalized spacial score (nSPS) is 9.11. The van der Waals surface area contributed by atoms with Crippen molar-refractivity contribution in [3.63, 3.8) is 0 Å². The minimum Gasteiger partial charge on any atom is -1.00 e. The smallest absolute Gasteiger partial charge is 0.118 e. The summed E-state index contributed by atoms with van der Waals surface area (Å²) in [7, 11) is 1.68. The van der Waals surface area contributed by atoms with Crippen LogP contribution in [0.25, 0.3) is 0 Å². The van der Waals surface area contributed by atoms with Gasteiger partial charge in [-0.2, -0.15) is 0 Å². The van der Waals surface area contributed by atoms with E-state index in [0.717, 1.165) is 18.8 Å². The molecule has 2 aromatic rings. The molecular formula is C14H16Br2N2O-2. The Bertz CT molecular complexity index is 449. The largest absolute Gasteiger partial charge is 1.00 e. The van der Waals surface area contributed by atoms with Crippen LogP contribution in [0.2, 0.25) is 0 Å². The SMILES string of the molecule is COc1ccc(CNCc2cccnc2)cc1.[Br-].[Br-]. The first-order chi connectivity index (χ1) is 8.38. The van der Waals surface area contributed by atoms with Crippen LogP contribution in [0.4, 0.5) is 0 Å². The number of pyridine rings is 1. The van der Waals surface area contributed by atoms with Gasteiger partial charge in [0.15, 0.2) is 0 Å². The Hall–Kier alpha value is -0.910. The van der Waals surface area contributed by atoms with Crippen LogP contribution in [0.5, 0.6) is 5.75 Å². The van der Waals surface area contributed by atoms with Crippen molar-refractivity contribution in [1.29, 1.82) is 0 Å². The van der Waals surface area contributed by atoms with E-state index in [4.69, 9.17) is 4.74 Å². The second kappa shape index (κ2) is 9.95. The first kappa shape index (κ1) is 18.1. The van der Waals surface area contributed by atoms with E-state index in [1.54, 1.807) is 13.3 Å². The van der Waals surface area contributed by atoms with E-state index in [-0.39, 0.29) is 34.0 Å². The number of nitrogens with zero attached hydrogens (tertiary/aromatic N) is 1. The lowest BCUT2D eigenvalue weighted by Gasteiger charge is -2.05. The van der Waals surface area contributed by atoms with E-state index < -0.39 is 0 Å². The van der Waals surface area contributed by atoms with Crippen molar-refractivity contribution >= 4 is 0 Å². The van der Waals surface area contributed by atoms with Crippen molar-refractivity contribution in [2.75, 3.05) is 7.11 Å². The number of hydrogen-bond acceptors (Lipinski definition) is 3. The molecule has 0 aliphatic carbocycles. The second-order valence-corrected chi connectivity index (χ2v) is 3.81. The van der Waals surface area contributed by atoms with E-state index in [0.29, 0.717) is 0 Å². The Morgan fingerprint density at radius 2 is 1.68 bits per heavy atom. The fraction of sp³-hybridized carbons (Fsp3) is 0.214. The van der Waals surface area contributed by atoms with Crippen molar-refractivity contribution in [2.45, 2.75) is 13.1 Å². The van der Waals surface area contributed by atoms with Gasteiger partial charge in [-0.25, -0.2) is 0 Å². The standard InChI is InChI=1S/C14H16N2O.2BrH/c1-17-14-6-4-12(5-7-14)9-16-11-13-3-2-8-15-10-13;;/h2-8,10,16H,9,11H2,1H3;2*1H/p-2. The fourth-order valence-electron chi connectivity index (χ4n) is 1.60. The number of ether oxygens (including phenoxy) is 1. The lowest BCUT2D eigenvalue weighted by atomic mass is 10.2. The van der Waals surface area contributed by atoms with E-state index in [1.165, 1.54) is 11.1 Å². The average molecular weight is 388 g/mol. The molecule has 0 saturated heterocycles. The second-order valence-electron chi connectivity index (χ2n) is 3.81. The topological polar surface area (TPSA) is 34.1 Å². The number of methoxy groups -OCH3 is 1. The van der Waals surface area contributed by atoms with Gasteiger partial charge in [0.05, 0.1) is 7.11 Å². The highest BCUT2D eigenvalue weighted by Gasteiger charge is 1.95. The molecule has 2 rings (SSSR count). The summed E-state index contributed by atoms with van der Waals surface area (Å²) in [6, 6.07) is 12.1. The summed E-state index contributed by atoms with van der Waals surface area (Å²) < 4.78 is 5.11. The quantitative estimate of drug-likeness (QED) is 0.575. The molecule has 1 N–H and O–H groups in total. The van der Waals surface area contributed by atoms with Gasteiger partial charge in [0.25, 0.3) is 0 Å². The lowest BCUT2D eigenvalue weighted by Crippen LogP contribution is -3.00. The molecule has 1 aromatic carbocycles. The summed E-state index contributed by atoms with van der Waals surface area (Å²) in [6.07, 6.45) is 3.66. The molecule has 0 fully saturated rings. The van der Waals surface area contributed by atoms with Crippen LogP contribution < -0.4 is 44.0 Å². The molecule has 0 aliphatic heterocycles. The maximum atomic E-state index is 5.11. The number of rotatable bonds is 5. The number of nitrogens with one attached hydrogen (secondary N) is 1. The predicted octanol–water partition coefficient (Wildman–Crippen LogP) is -3.61. The summed E-state index contributed by atoms with van der Waals surface area (Å²) >= 11 is 0. The summed E-state index contributed by atoms with van der Waals surface area (Å²) in [5.41, 5.74) is 2.44. The van der Waals surface area contributed by atoms with Gasteiger partial charge < -0.3 is 44.0 Å². The van der Waals surface area contributed by atoms with Gasteiger partial charge in [0, 0.05) is 25.5 Å². The third-order valence-electron chi connectivity index (χ3n) is 2.54. The van der Waals surface area contributed by atoms with Crippen LogP contribution in [0.3, 0.4) is 0 Å². The van der Waals surface area contributed by atoms with Crippen LogP contribution in [0.1, 0.15) is 11.1 Å². The van der Waals surface area contributed by atoms with Crippen molar-refractivity contribution in [1.82, 2.24) is 10.3 Å². The molecule has 0 spiro atoms. The Morgan fingerprint density at radius 3 is 2.26 bits per heavy atom. The molecular weight excluding hydrogens is 372 g/mol. The van der Waals surface area contributed by atoms with Crippen molar-refractivity contribution in [3.05, 3.63) is 59.9 Å². The zero-order valence-electron chi connectivity index (χ0n) is 10.6. The first-order valence-corrected chi connectivity index (χ1v) is 5.61. The Balaban J connectivity index is 0.00000162. The molecule has 0 unspecified atom stereocenters. The molecule has 0 bridgehead atoms. The van der Waals surface area contributed by atoms with E-state index in [1.807, 2.05) is 24.4 Å². The monoisotopic (exact) mass is 386 g/mol. The highest BCUT2D eigenvalue weighted by molar-refractivity contribution is 5.27. The highest BCUT2D eigenvalue weighted by atomic mass is 79.9. The van der Waals surface area contributed by atoms with Crippen LogP contribution in [0.15, 0.2) is 48.8 Å². The van der Waals surface area contributed by atoms with Gasteiger partial charge in [-0.05, 0) is 29.3 Å². The average Bonchev–Trinajstić information content (AvgIpc) is 2.41. The van der Waals surface area contributed by atoms with Crippen molar-refractivity contribution in [3.8, 4) is 5.75 Å². The molecule has 1 aromatic heterocycles. The maximum absolute atomic E-state index is 5.11. The zero-order valence-corrected chi connectivity index (χ0v) is 13.8. The molecule has 104 valence electrons. The van der Waals surface area contributed by atoms with E-state index in [2.05, 4.69) is 28.5 Å². The minimum atomic E-state index is 0. The number of halogens is 2. The van der Waals surface area contributed by atoms with Gasteiger partial charge in [0.2, 0.25) is 0 Å². The zero-order chi connectivity index (χ0) is 11.9. The van der Waals surface area contributed by atoms with Crippen LogP contribution in [0, 0.1) is 0 Å². The third kappa shape index (κ3) is 6.18. The molecule has 0 aliphatic rings. The molecule has 0 radical (unpaired) electrons. The highest BCUT2D eigenvalue weighted by Crippen LogP contribution is 2.11. The van der Waals surface area contributed by atoms with Crippen LogP contribution in [-0.2, 0) is 13.1 Å². The van der Waals surface area contributed by atoms with E-state index in [9.17, 15) is 0 Å². The Labute approximate surface area is 134 Å². The van der Waals surface area contributed by atoms with Crippen molar-refractivity contribution < 1.29 is 38.7 Å². The fourth-order valence-corrected chi connectivity index (χ4v) is 1.60. The molecule has 0 saturated carbocycles. The molecule has 0 atom stereocenters. The number of benzene rings is 1. The molecule has 3 nitrogen and oxygen atoms in total. The van der Waals surface area contributed by atoms with Gasteiger partial charge in [-0.15, -0.1) is 0 Å². The molecule has 0 amide bonds. The summed E-state index contributed by atoms with van der Waals surface area (Å²) in [4.78, 5) is 4.08. The van der Waals surface area contributed by atoms with Crippen molar-refractivity contribution in [2.24, 2.45) is 0 Å².